The maximum absolute atomic E-state index is 12.9. The maximum atomic E-state index is 12.9. The first-order valence-electron chi connectivity index (χ1n) is 6.74. The number of thiazole rings is 1. The van der Waals surface area contributed by atoms with Gasteiger partial charge in [0.25, 0.3) is 5.56 Å². The molecule has 0 aliphatic carbocycles. The van der Waals surface area contributed by atoms with Crippen LogP contribution in [0.2, 0.25) is 0 Å². The van der Waals surface area contributed by atoms with E-state index in [0.717, 1.165) is 11.3 Å². The van der Waals surface area contributed by atoms with E-state index in [2.05, 4.69) is 15.0 Å². The summed E-state index contributed by atoms with van der Waals surface area (Å²) in [6.45, 7) is 3.61. The maximum Gasteiger partial charge on any atom is 0.266 e. The zero-order chi connectivity index (χ0) is 15.7. The van der Waals surface area contributed by atoms with Crippen molar-refractivity contribution in [1.82, 2.24) is 9.38 Å². The van der Waals surface area contributed by atoms with Gasteiger partial charge in [0, 0.05) is 16.0 Å². The van der Waals surface area contributed by atoms with Crippen molar-refractivity contribution >= 4 is 16.3 Å². The second-order valence-electron chi connectivity index (χ2n) is 4.92. The third-order valence-electron chi connectivity index (χ3n) is 3.45. The van der Waals surface area contributed by atoms with Crippen LogP contribution in [-0.2, 0) is 0 Å². The standard InChI is InChI=1S/C15H13N5OS/c1-9-8-22-15-17-13(10(2)18-19-16)12(14(21)20(9)15)11-6-4-3-5-7-11/h3-8,10H,1-2H3. The Kier molecular flexibility index (Phi) is 3.66. The van der Waals surface area contributed by atoms with E-state index in [0.29, 0.717) is 16.2 Å². The van der Waals surface area contributed by atoms with Gasteiger partial charge in [0.15, 0.2) is 4.96 Å². The average Bonchev–Trinajstić information content (AvgIpc) is 2.90. The van der Waals surface area contributed by atoms with Gasteiger partial charge < -0.3 is 0 Å². The summed E-state index contributed by atoms with van der Waals surface area (Å²) in [7, 11) is 0. The monoisotopic (exact) mass is 311 g/mol. The van der Waals surface area contributed by atoms with Crippen molar-refractivity contribution in [3.63, 3.8) is 0 Å². The van der Waals surface area contributed by atoms with Crippen molar-refractivity contribution in [3.8, 4) is 11.1 Å². The third kappa shape index (κ3) is 2.26. The Morgan fingerprint density at radius 3 is 2.77 bits per heavy atom. The lowest BCUT2D eigenvalue weighted by atomic mass is 10.0. The van der Waals surface area contributed by atoms with Gasteiger partial charge in [-0.15, -0.1) is 11.3 Å². The van der Waals surface area contributed by atoms with Crippen LogP contribution < -0.4 is 5.56 Å². The van der Waals surface area contributed by atoms with Crippen molar-refractivity contribution in [2.24, 2.45) is 5.11 Å². The van der Waals surface area contributed by atoms with Crippen molar-refractivity contribution < 1.29 is 0 Å². The SMILES string of the molecule is Cc1csc2nc(C(C)N=[N+]=[N-])c(-c3ccccc3)c(=O)n12. The number of fused-ring (bicyclic) bond motifs is 1. The third-order valence-corrected chi connectivity index (χ3v) is 4.39. The van der Waals surface area contributed by atoms with Gasteiger partial charge in [-0.25, -0.2) is 4.98 Å². The molecule has 1 atom stereocenters. The van der Waals surface area contributed by atoms with Crippen molar-refractivity contribution in [3.05, 3.63) is 67.9 Å². The number of benzene rings is 1. The zero-order valence-electron chi connectivity index (χ0n) is 12.1. The van der Waals surface area contributed by atoms with E-state index in [1.54, 1.807) is 11.3 Å². The summed E-state index contributed by atoms with van der Waals surface area (Å²) >= 11 is 1.40. The summed E-state index contributed by atoms with van der Waals surface area (Å²) in [5.41, 5.74) is 11.2. The van der Waals surface area contributed by atoms with Crippen LogP contribution in [0.3, 0.4) is 0 Å². The number of aryl methyl sites for hydroxylation is 1. The second kappa shape index (κ2) is 5.63. The summed E-state index contributed by atoms with van der Waals surface area (Å²) in [6, 6.07) is 8.83. The molecule has 0 amide bonds. The Labute approximate surface area is 130 Å². The summed E-state index contributed by atoms with van der Waals surface area (Å²) in [5, 5.41) is 5.60. The van der Waals surface area contributed by atoms with Gasteiger partial charge in [0.1, 0.15) is 0 Å². The Bertz CT molecular complexity index is 938. The Morgan fingerprint density at radius 1 is 1.36 bits per heavy atom. The zero-order valence-corrected chi connectivity index (χ0v) is 12.9. The molecule has 110 valence electrons. The highest BCUT2D eigenvalue weighted by atomic mass is 32.1. The molecule has 0 radical (unpaired) electrons. The van der Waals surface area contributed by atoms with Crippen molar-refractivity contribution in [2.75, 3.05) is 0 Å². The summed E-state index contributed by atoms with van der Waals surface area (Å²) in [5.74, 6) is 0. The van der Waals surface area contributed by atoms with Gasteiger partial charge in [0.05, 0.1) is 17.3 Å². The normalized spacial score (nSPS) is 12.1. The van der Waals surface area contributed by atoms with E-state index in [4.69, 9.17) is 5.53 Å². The number of azide groups is 1. The molecule has 0 saturated heterocycles. The van der Waals surface area contributed by atoms with Gasteiger partial charge in [0.2, 0.25) is 0 Å². The molecule has 0 spiro atoms. The number of hydrogen-bond donors (Lipinski definition) is 0. The van der Waals surface area contributed by atoms with Crippen LogP contribution in [0.5, 0.6) is 0 Å². The highest BCUT2D eigenvalue weighted by molar-refractivity contribution is 7.15. The smallest absolute Gasteiger partial charge is 0.266 e. The van der Waals surface area contributed by atoms with Crippen LogP contribution in [-0.4, -0.2) is 9.38 Å². The van der Waals surface area contributed by atoms with E-state index in [-0.39, 0.29) is 5.56 Å². The van der Waals surface area contributed by atoms with E-state index < -0.39 is 6.04 Å². The number of nitrogens with zero attached hydrogens (tertiary/aromatic N) is 5. The van der Waals surface area contributed by atoms with Crippen molar-refractivity contribution in [2.45, 2.75) is 19.9 Å². The first-order valence-corrected chi connectivity index (χ1v) is 7.62. The molecule has 1 unspecified atom stereocenters. The quantitative estimate of drug-likeness (QED) is 0.414. The molecule has 0 fully saturated rings. The lowest BCUT2D eigenvalue weighted by Crippen LogP contribution is -2.20. The Morgan fingerprint density at radius 2 is 2.09 bits per heavy atom. The molecule has 0 aliphatic rings. The highest BCUT2D eigenvalue weighted by Gasteiger charge is 2.20. The van der Waals surface area contributed by atoms with Crippen LogP contribution in [0.1, 0.15) is 24.4 Å². The fourth-order valence-corrected chi connectivity index (χ4v) is 3.27. The molecule has 7 heteroatoms. The molecule has 3 aromatic rings. The van der Waals surface area contributed by atoms with Gasteiger partial charge >= 0.3 is 0 Å². The summed E-state index contributed by atoms with van der Waals surface area (Å²) in [6.07, 6.45) is 0. The summed E-state index contributed by atoms with van der Waals surface area (Å²) in [4.78, 5) is 21.0. The van der Waals surface area contributed by atoms with E-state index in [1.165, 1.54) is 11.3 Å². The highest BCUT2D eigenvalue weighted by Crippen LogP contribution is 2.27. The molecule has 6 nitrogen and oxygen atoms in total. The van der Waals surface area contributed by atoms with E-state index >= 15 is 0 Å². The van der Waals surface area contributed by atoms with Crippen LogP contribution in [0, 0.1) is 6.92 Å². The molecule has 2 aromatic heterocycles. The lowest BCUT2D eigenvalue weighted by Gasteiger charge is -2.12. The molecule has 0 N–H and O–H groups in total. The minimum absolute atomic E-state index is 0.134. The Hall–Kier alpha value is -2.63. The molecular formula is C15H13N5OS. The predicted octanol–water partition coefficient (Wildman–Crippen LogP) is 4.10. The van der Waals surface area contributed by atoms with Crippen LogP contribution >= 0.6 is 11.3 Å². The topological polar surface area (TPSA) is 83.1 Å². The molecule has 0 aliphatic heterocycles. The number of hydrogen-bond acceptors (Lipinski definition) is 4. The Balaban J connectivity index is 2.42. The van der Waals surface area contributed by atoms with E-state index in [1.807, 2.05) is 42.6 Å². The molecule has 22 heavy (non-hydrogen) atoms. The number of rotatable bonds is 3. The van der Waals surface area contributed by atoms with E-state index in [9.17, 15) is 4.79 Å². The lowest BCUT2D eigenvalue weighted by molar-refractivity contribution is 0.770. The molecule has 0 saturated carbocycles. The molecule has 3 rings (SSSR count). The van der Waals surface area contributed by atoms with Gasteiger partial charge in [-0.05, 0) is 18.0 Å². The molecule has 2 heterocycles. The number of aromatic nitrogens is 2. The van der Waals surface area contributed by atoms with Crippen LogP contribution in [0.25, 0.3) is 26.5 Å². The largest absolute Gasteiger partial charge is 0.268 e. The first-order chi connectivity index (χ1) is 10.6. The van der Waals surface area contributed by atoms with Gasteiger partial charge in [-0.1, -0.05) is 42.4 Å². The molecule has 1 aromatic carbocycles. The van der Waals surface area contributed by atoms with Crippen LogP contribution in [0.4, 0.5) is 0 Å². The fraction of sp³-hybridized carbons (Fsp3) is 0.200. The second-order valence-corrected chi connectivity index (χ2v) is 5.76. The summed E-state index contributed by atoms with van der Waals surface area (Å²) < 4.78 is 1.60. The minimum Gasteiger partial charge on any atom is -0.268 e. The first kappa shape index (κ1) is 14.3. The minimum atomic E-state index is -0.514. The molecular weight excluding hydrogens is 298 g/mol. The van der Waals surface area contributed by atoms with Crippen LogP contribution in [0.15, 0.2) is 45.6 Å². The van der Waals surface area contributed by atoms with Crippen molar-refractivity contribution in [1.29, 1.82) is 0 Å². The van der Waals surface area contributed by atoms with Gasteiger partial charge in [-0.3, -0.25) is 9.20 Å². The van der Waals surface area contributed by atoms with Gasteiger partial charge in [-0.2, -0.15) is 0 Å². The fourth-order valence-electron chi connectivity index (χ4n) is 2.41. The average molecular weight is 311 g/mol. The molecule has 0 bridgehead atoms. The predicted molar refractivity (Wildman–Crippen MR) is 87.1 cm³/mol.